The normalized spacial score (nSPS) is 20.5. The molecule has 2 aliphatic rings. The van der Waals surface area contributed by atoms with E-state index in [1.165, 1.54) is 0 Å². The Morgan fingerprint density at radius 2 is 1.51 bits per heavy atom. The lowest BCUT2D eigenvalue weighted by molar-refractivity contribution is -0.0755. The molecule has 5 rings (SSSR count). The first kappa shape index (κ1) is 24.5. The van der Waals surface area contributed by atoms with E-state index in [0.717, 1.165) is 11.1 Å². The molecule has 0 aliphatic carbocycles. The molecule has 0 N–H and O–H groups in total. The minimum atomic E-state index is -0.372. The third-order valence-corrected chi connectivity index (χ3v) is 6.93. The van der Waals surface area contributed by atoms with Crippen molar-refractivity contribution in [1.82, 2.24) is 4.90 Å². The van der Waals surface area contributed by atoms with Gasteiger partial charge in [-0.05, 0) is 42.2 Å². The Hall–Kier alpha value is -4.15. The molecule has 188 valence electrons. The van der Waals surface area contributed by atoms with Crippen molar-refractivity contribution in [3.8, 4) is 11.8 Å². The molecule has 7 nitrogen and oxygen atoms in total. The van der Waals surface area contributed by atoms with E-state index in [9.17, 15) is 14.9 Å². The summed E-state index contributed by atoms with van der Waals surface area (Å²) in [4.78, 5) is 28.2. The summed E-state index contributed by atoms with van der Waals surface area (Å²) >= 11 is 0. The lowest BCUT2D eigenvalue weighted by Gasteiger charge is -2.47. The van der Waals surface area contributed by atoms with Gasteiger partial charge in [0.1, 0.15) is 25.0 Å². The number of rotatable bonds is 7. The summed E-state index contributed by atoms with van der Waals surface area (Å²) in [6.07, 6.45) is 0.620. The van der Waals surface area contributed by atoms with Crippen molar-refractivity contribution in [3.05, 3.63) is 101 Å². The van der Waals surface area contributed by atoms with Crippen molar-refractivity contribution in [2.75, 3.05) is 13.2 Å². The summed E-state index contributed by atoms with van der Waals surface area (Å²) < 4.78 is 17.2. The number of piperidine rings is 1. The molecule has 0 spiro atoms. The molecule has 2 aliphatic heterocycles. The predicted octanol–water partition coefficient (Wildman–Crippen LogP) is 5.14. The van der Waals surface area contributed by atoms with Crippen LogP contribution in [0.2, 0.25) is 0 Å². The van der Waals surface area contributed by atoms with Gasteiger partial charge in [0, 0.05) is 11.5 Å². The summed E-state index contributed by atoms with van der Waals surface area (Å²) in [5, 5.41) is 9.52. The highest BCUT2D eigenvalue weighted by Crippen LogP contribution is 2.35. The molecule has 2 fully saturated rings. The van der Waals surface area contributed by atoms with Gasteiger partial charge in [-0.1, -0.05) is 60.7 Å². The maximum absolute atomic E-state index is 13.5. The van der Waals surface area contributed by atoms with Crippen molar-refractivity contribution < 1.29 is 23.8 Å². The van der Waals surface area contributed by atoms with Gasteiger partial charge in [0.25, 0.3) is 0 Å². The Balaban J connectivity index is 1.26. The number of nitrogens with zero attached hydrogens (tertiary/aromatic N) is 2. The second kappa shape index (κ2) is 11.3. The van der Waals surface area contributed by atoms with Gasteiger partial charge in [0.2, 0.25) is 0 Å². The van der Waals surface area contributed by atoms with Gasteiger partial charge in [-0.2, -0.15) is 5.26 Å². The average Bonchev–Trinajstić information content (AvgIpc) is 2.94. The molecule has 2 unspecified atom stereocenters. The van der Waals surface area contributed by atoms with Crippen LogP contribution in [-0.4, -0.2) is 42.1 Å². The average molecular weight is 497 g/mol. The number of carbonyl (C=O) groups is 2. The highest BCUT2D eigenvalue weighted by Gasteiger charge is 2.44. The van der Waals surface area contributed by atoms with E-state index in [0.29, 0.717) is 49.5 Å². The van der Waals surface area contributed by atoms with Gasteiger partial charge >= 0.3 is 6.09 Å². The van der Waals surface area contributed by atoms with Gasteiger partial charge < -0.3 is 14.2 Å². The van der Waals surface area contributed by atoms with Gasteiger partial charge in [-0.25, -0.2) is 4.79 Å². The minimum absolute atomic E-state index is 0.0109. The van der Waals surface area contributed by atoms with Crippen LogP contribution in [0.25, 0.3) is 0 Å². The van der Waals surface area contributed by atoms with Gasteiger partial charge in [0.15, 0.2) is 5.78 Å². The van der Waals surface area contributed by atoms with Crippen molar-refractivity contribution >= 4 is 11.9 Å². The quantitative estimate of drug-likeness (QED) is 0.421. The van der Waals surface area contributed by atoms with E-state index in [2.05, 4.69) is 6.07 Å². The fourth-order valence-electron chi connectivity index (χ4n) is 5.08. The molecule has 2 heterocycles. The third kappa shape index (κ3) is 5.65. The molecular weight excluding hydrogens is 468 g/mol. The molecule has 0 saturated carbocycles. The SMILES string of the molecule is N#Cc1ccc(C(=O)C2CC3COCC(C2)N3C(=O)OCc2ccccc2)cc1OCc1ccccc1. The molecule has 3 aromatic rings. The molecule has 7 heteroatoms. The standard InChI is InChI=1S/C30H28N2O5/c31-16-24-12-11-23(15-28(24)36-17-21-7-3-1-4-8-21)29(33)25-13-26-19-35-20-27(14-25)32(26)30(34)37-18-22-9-5-2-6-10-22/h1-12,15,25-27H,13-14,17-20H2. The first-order chi connectivity index (χ1) is 18.1. The van der Waals surface area contributed by atoms with E-state index in [-0.39, 0.29) is 36.5 Å². The minimum Gasteiger partial charge on any atom is -0.487 e. The largest absolute Gasteiger partial charge is 0.487 e. The maximum Gasteiger partial charge on any atom is 0.410 e. The number of ether oxygens (including phenoxy) is 3. The van der Waals surface area contributed by atoms with E-state index in [1.54, 1.807) is 23.1 Å². The number of morpholine rings is 1. The number of hydrogen-bond donors (Lipinski definition) is 0. The molecule has 3 aromatic carbocycles. The van der Waals surface area contributed by atoms with E-state index >= 15 is 0 Å². The number of Topliss-reactive ketones (excluding diaryl/α,β-unsaturated/α-hetero) is 1. The lowest BCUT2D eigenvalue weighted by Crippen LogP contribution is -2.59. The summed E-state index contributed by atoms with van der Waals surface area (Å²) in [6.45, 7) is 1.26. The maximum atomic E-state index is 13.5. The molecular formula is C30H28N2O5. The Bertz CT molecular complexity index is 1270. The van der Waals surface area contributed by atoms with Crippen molar-refractivity contribution in [1.29, 1.82) is 5.26 Å². The summed E-state index contributed by atoms with van der Waals surface area (Å²) in [5.74, 6) is 0.123. The van der Waals surface area contributed by atoms with Crippen molar-refractivity contribution in [2.45, 2.75) is 38.1 Å². The number of amides is 1. The van der Waals surface area contributed by atoms with Crippen LogP contribution in [0.3, 0.4) is 0 Å². The van der Waals surface area contributed by atoms with Crippen LogP contribution in [0.5, 0.6) is 5.75 Å². The highest BCUT2D eigenvalue weighted by atomic mass is 16.6. The number of fused-ring (bicyclic) bond motifs is 2. The molecule has 2 atom stereocenters. The fraction of sp³-hybridized carbons (Fsp3) is 0.300. The van der Waals surface area contributed by atoms with Crippen molar-refractivity contribution in [3.63, 3.8) is 0 Å². The van der Waals surface area contributed by atoms with Crippen LogP contribution in [-0.2, 0) is 22.7 Å². The number of benzene rings is 3. The number of nitriles is 1. The highest BCUT2D eigenvalue weighted by molar-refractivity contribution is 5.98. The zero-order chi connectivity index (χ0) is 25.6. The van der Waals surface area contributed by atoms with Gasteiger partial charge in [0.05, 0.1) is 30.9 Å². The van der Waals surface area contributed by atoms with Crippen LogP contribution in [0.1, 0.15) is 39.9 Å². The zero-order valence-electron chi connectivity index (χ0n) is 20.4. The summed E-state index contributed by atoms with van der Waals surface area (Å²) in [5.41, 5.74) is 2.79. The van der Waals surface area contributed by atoms with Crippen LogP contribution < -0.4 is 4.74 Å². The summed E-state index contributed by atoms with van der Waals surface area (Å²) in [7, 11) is 0. The molecule has 37 heavy (non-hydrogen) atoms. The summed E-state index contributed by atoms with van der Waals surface area (Å²) in [6, 6.07) is 25.9. The lowest BCUT2D eigenvalue weighted by atomic mass is 9.80. The first-order valence-corrected chi connectivity index (χ1v) is 12.4. The molecule has 0 aromatic heterocycles. The van der Waals surface area contributed by atoms with Gasteiger partial charge in [-0.3, -0.25) is 9.69 Å². The first-order valence-electron chi connectivity index (χ1n) is 12.4. The Morgan fingerprint density at radius 1 is 0.892 bits per heavy atom. The number of carbonyl (C=O) groups excluding carboxylic acids is 2. The van der Waals surface area contributed by atoms with Crippen LogP contribution in [0, 0.1) is 17.2 Å². The molecule has 0 radical (unpaired) electrons. The fourth-order valence-corrected chi connectivity index (χ4v) is 5.08. The smallest absolute Gasteiger partial charge is 0.410 e. The third-order valence-electron chi connectivity index (χ3n) is 6.93. The molecule has 2 bridgehead atoms. The van der Waals surface area contributed by atoms with Crippen molar-refractivity contribution in [2.24, 2.45) is 5.92 Å². The Morgan fingerprint density at radius 3 is 2.14 bits per heavy atom. The zero-order valence-corrected chi connectivity index (χ0v) is 20.4. The molecule has 2 saturated heterocycles. The van der Waals surface area contributed by atoms with E-state index in [4.69, 9.17) is 14.2 Å². The predicted molar refractivity (Wildman–Crippen MR) is 136 cm³/mol. The monoisotopic (exact) mass is 496 g/mol. The number of ketones is 1. The molecule has 1 amide bonds. The number of hydrogen-bond acceptors (Lipinski definition) is 6. The Labute approximate surface area is 216 Å². The van der Waals surface area contributed by atoms with Crippen LogP contribution in [0.15, 0.2) is 78.9 Å². The second-order valence-corrected chi connectivity index (χ2v) is 9.42. The van der Waals surface area contributed by atoms with Crippen LogP contribution >= 0.6 is 0 Å². The van der Waals surface area contributed by atoms with E-state index < -0.39 is 0 Å². The topological polar surface area (TPSA) is 88.9 Å². The second-order valence-electron chi connectivity index (χ2n) is 9.42. The van der Waals surface area contributed by atoms with Gasteiger partial charge in [-0.15, -0.1) is 0 Å². The Kier molecular flexibility index (Phi) is 7.48. The van der Waals surface area contributed by atoms with E-state index in [1.807, 2.05) is 60.7 Å². The van der Waals surface area contributed by atoms with Crippen LogP contribution in [0.4, 0.5) is 4.79 Å².